The van der Waals surface area contributed by atoms with Crippen molar-refractivity contribution in [3.63, 3.8) is 0 Å². The monoisotopic (exact) mass is 138 g/mol. The normalized spacial score (nSPS) is 23.2. The van der Waals surface area contributed by atoms with Crippen molar-refractivity contribution >= 4 is 0 Å². The van der Waals surface area contributed by atoms with Crippen molar-refractivity contribution in [3.8, 4) is 0 Å². The molecule has 54 valence electrons. The zero-order valence-corrected chi connectivity index (χ0v) is 6.18. The Hall–Kier alpha value is -0.760. The molecule has 0 radical (unpaired) electrons. The summed E-state index contributed by atoms with van der Waals surface area (Å²) in [7, 11) is 0. The summed E-state index contributed by atoms with van der Waals surface area (Å²) in [5, 5.41) is 0. The topological polar surface area (TPSA) is 25.7 Å². The van der Waals surface area contributed by atoms with Crippen LogP contribution in [0.15, 0.2) is 10.5 Å². The second-order valence-corrected chi connectivity index (χ2v) is 2.69. The van der Waals surface area contributed by atoms with Gasteiger partial charge in [-0.2, -0.15) is 0 Å². The van der Waals surface area contributed by atoms with E-state index < -0.39 is 0 Å². The molecule has 0 saturated carbocycles. The fourth-order valence-electron chi connectivity index (χ4n) is 1.20. The average molecular weight is 138 g/mol. The molecule has 1 aromatic heterocycles. The Labute approximate surface area is 59.8 Å². The molecular formula is C8H10O2. The molecule has 10 heavy (non-hydrogen) atoms. The summed E-state index contributed by atoms with van der Waals surface area (Å²) in [6.45, 7) is 4.79. The van der Waals surface area contributed by atoms with Gasteiger partial charge in [-0.15, -0.1) is 0 Å². The van der Waals surface area contributed by atoms with Gasteiger partial charge in [0.1, 0.15) is 17.6 Å². The van der Waals surface area contributed by atoms with E-state index in [4.69, 9.17) is 9.15 Å². The Morgan fingerprint density at radius 2 is 2.20 bits per heavy atom. The fraction of sp³-hybridized carbons (Fsp3) is 0.500. The van der Waals surface area contributed by atoms with E-state index in [0.29, 0.717) is 6.10 Å². The first kappa shape index (κ1) is 5.98. The van der Waals surface area contributed by atoms with Gasteiger partial charge >= 0.3 is 0 Å². The molecule has 2 nitrogen and oxygen atoms in total. The van der Waals surface area contributed by atoms with Crippen LogP contribution in [0.5, 0.6) is 0 Å². The lowest BCUT2D eigenvalue weighted by Crippen LogP contribution is -1.77. The maximum absolute atomic E-state index is 5.34. The van der Waals surface area contributed by atoms with Crippen LogP contribution in [0.25, 0.3) is 0 Å². The van der Waals surface area contributed by atoms with Crippen LogP contribution in [0.1, 0.15) is 23.2 Å². The first-order valence-corrected chi connectivity index (χ1v) is 3.46. The Kier molecular flexibility index (Phi) is 1.11. The van der Waals surface area contributed by atoms with E-state index >= 15 is 0 Å². The Morgan fingerprint density at radius 1 is 1.50 bits per heavy atom. The predicted octanol–water partition coefficient (Wildman–Crippen LogP) is 1.97. The molecule has 2 heterocycles. The molecule has 2 heteroatoms. The Balaban J connectivity index is 2.38. The highest BCUT2D eigenvalue weighted by atomic mass is 16.6. The van der Waals surface area contributed by atoms with Crippen LogP contribution in [0.3, 0.4) is 0 Å². The van der Waals surface area contributed by atoms with Gasteiger partial charge in [0.05, 0.1) is 6.61 Å². The summed E-state index contributed by atoms with van der Waals surface area (Å²) in [6, 6.07) is 2.05. The number of hydrogen-bond donors (Lipinski definition) is 0. The second-order valence-electron chi connectivity index (χ2n) is 2.69. The average Bonchev–Trinajstić information content (AvgIpc) is 2.61. The minimum absolute atomic E-state index is 0.331. The second kappa shape index (κ2) is 1.86. The summed E-state index contributed by atoms with van der Waals surface area (Å²) >= 11 is 0. The number of furan rings is 1. The van der Waals surface area contributed by atoms with E-state index in [1.807, 2.05) is 19.9 Å². The van der Waals surface area contributed by atoms with Gasteiger partial charge in [0.25, 0.3) is 0 Å². The number of epoxide rings is 1. The zero-order chi connectivity index (χ0) is 7.14. The van der Waals surface area contributed by atoms with Crippen LogP contribution in [0.4, 0.5) is 0 Å². The summed E-state index contributed by atoms with van der Waals surface area (Å²) < 4.78 is 10.5. The third kappa shape index (κ3) is 0.847. The van der Waals surface area contributed by atoms with E-state index in [1.54, 1.807) is 0 Å². The molecule has 1 saturated heterocycles. The van der Waals surface area contributed by atoms with Gasteiger partial charge in [-0.25, -0.2) is 0 Å². The van der Waals surface area contributed by atoms with Gasteiger partial charge in [-0.05, 0) is 19.9 Å². The number of hydrogen-bond acceptors (Lipinski definition) is 2. The number of rotatable bonds is 1. The van der Waals surface area contributed by atoms with Crippen LogP contribution < -0.4 is 0 Å². The lowest BCUT2D eigenvalue weighted by molar-refractivity contribution is 0.410. The molecule has 1 aliphatic heterocycles. The highest BCUT2D eigenvalue weighted by Crippen LogP contribution is 2.33. The minimum atomic E-state index is 0.331. The van der Waals surface area contributed by atoms with Gasteiger partial charge in [-0.3, -0.25) is 0 Å². The van der Waals surface area contributed by atoms with Crippen LogP contribution in [0.2, 0.25) is 0 Å². The SMILES string of the molecule is Cc1cc(C2CO2)c(C)o1. The van der Waals surface area contributed by atoms with E-state index in [0.717, 1.165) is 18.1 Å². The van der Waals surface area contributed by atoms with E-state index in [1.165, 1.54) is 5.56 Å². The summed E-state index contributed by atoms with van der Waals surface area (Å²) in [4.78, 5) is 0. The van der Waals surface area contributed by atoms with Gasteiger partial charge in [0, 0.05) is 5.56 Å². The molecule has 0 N–H and O–H groups in total. The molecule has 1 unspecified atom stereocenters. The van der Waals surface area contributed by atoms with Gasteiger partial charge < -0.3 is 9.15 Å². The van der Waals surface area contributed by atoms with Crippen LogP contribution in [0, 0.1) is 13.8 Å². The van der Waals surface area contributed by atoms with E-state index in [-0.39, 0.29) is 0 Å². The molecular weight excluding hydrogens is 128 g/mol. The molecule has 2 rings (SSSR count). The largest absolute Gasteiger partial charge is 0.466 e. The van der Waals surface area contributed by atoms with Crippen LogP contribution in [-0.2, 0) is 4.74 Å². The van der Waals surface area contributed by atoms with Gasteiger partial charge in [0.2, 0.25) is 0 Å². The highest BCUT2D eigenvalue weighted by Gasteiger charge is 2.28. The smallest absolute Gasteiger partial charge is 0.109 e. The van der Waals surface area contributed by atoms with Gasteiger partial charge in [-0.1, -0.05) is 0 Å². The van der Waals surface area contributed by atoms with Crippen molar-refractivity contribution in [2.45, 2.75) is 20.0 Å². The third-order valence-corrected chi connectivity index (χ3v) is 1.76. The molecule has 0 spiro atoms. The van der Waals surface area contributed by atoms with Crippen molar-refractivity contribution in [1.82, 2.24) is 0 Å². The minimum Gasteiger partial charge on any atom is -0.466 e. The number of ether oxygens (including phenoxy) is 1. The van der Waals surface area contributed by atoms with Crippen molar-refractivity contribution in [3.05, 3.63) is 23.2 Å². The standard InChI is InChI=1S/C8H10O2/c1-5-3-7(6(2)10-5)8-4-9-8/h3,8H,4H2,1-2H3. The van der Waals surface area contributed by atoms with Crippen molar-refractivity contribution in [2.24, 2.45) is 0 Å². The molecule has 1 aromatic rings. The summed E-state index contributed by atoms with van der Waals surface area (Å²) in [6.07, 6.45) is 0.331. The highest BCUT2D eigenvalue weighted by molar-refractivity contribution is 5.25. The fourth-order valence-corrected chi connectivity index (χ4v) is 1.20. The van der Waals surface area contributed by atoms with E-state index in [2.05, 4.69) is 0 Å². The molecule has 1 fully saturated rings. The maximum atomic E-state index is 5.34. The lowest BCUT2D eigenvalue weighted by atomic mass is 10.2. The Morgan fingerprint density at radius 3 is 2.60 bits per heavy atom. The third-order valence-electron chi connectivity index (χ3n) is 1.76. The molecule has 1 atom stereocenters. The van der Waals surface area contributed by atoms with Crippen LogP contribution >= 0.6 is 0 Å². The summed E-state index contributed by atoms with van der Waals surface area (Å²) in [5.41, 5.74) is 1.22. The molecule has 0 amide bonds. The predicted molar refractivity (Wildman–Crippen MR) is 36.9 cm³/mol. The van der Waals surface area contributed by atoms with Crippen molar-refractivity contribution in [1.29, 1.82) is 0 Å². The lowest BCUT2D eigenvalue weighted by Gasteiger charge is -1.86. The number of aryl methyl sites for hydroxylation is 2. The van der Waals surface area contributed by atoms with Gasteiger partial charge in [0.15, 0.2) is 0 Å². The van der Waals surface area contributed by atoms with Crippen molar-refractivity contribution < 1.29 is 9.15 Å². The van der Waals surface area contributed by atoms with Crippen molar-refractivity contribution in [2.75, 3.05) is 6.61 Å². The van der Waals surface area contributed by atoms with E-state index in [9.17, 15) is 0 Å². The molecule has 1 aliphatic rings. The zero-order valence-electron chi connectivity index (χ0n) is 6.18. The molecule has 0 aliphatic carbocycles. The molecule has 0 aromatic carbocycles. The maximum Gasteiger partial charge on any atom is 0.109 e. The first-order chi connectivity index (χ1) is 4.77. The van der Waals surface area contributed by atoms with Crippen LogP contribution in [-0.4, -0.2) is 6.61 Å². The summed E-state index contributed by atoms with van der Waals surface area (Å²) in [5.74, 6) is 1.98. The quantitative estimate of drug-likeness (QED) is 0.554. The molecule has 0 bridgehead atoms. The first-order valence-electron chi connectivity index (χ1n) is 3.46. The Bertz CT molecular complexity index is 246.